The Kier molecular flexibility index (Phi) is 4.82. The Bertz CT molecular complexity index is 460. The van der Waals surface area contributed by atoms with Gasteiger partial charge in [-0.1, -0.05) is 15.9 Å². The molecule has 0 aliphatic heterocycles. The summed E-state index contributed by atoms with van der Waals surface area (Å²) in [5, 5.41) is 8.82. The first kappa shape index (κ1) is 14.3. The molecule has 0 spiro atoms. The predicted molar refractivity (Wildman–Crippen MR) is 76.4 cm³/mol. The van der Waals surface area contributed by atoms with Crippen LogP contribution in [0, 0.1) is 0 Å². The molecule has 1 aliphatic rings. The molecule has 0 amide bonds. The number of aliphatic carboxylic acids is 1. The fourth-order valence-electron chi connectivity index (χ4n) is 2.16. The van der Waals surface area contributed by atoms with Crippen LogP contribution in [-0.2, 0) is 11.3 Å². The van der Waals surface area contributed by atoms with Crippen LogP contribution in [0.1, 0.15) is 24.8 Å². The van der Waals surface area contributed by atoms with E-state index in [2.05, 4.69) is 20.8 Å². The van der Waals surface area contributed by atoms with Crippen LogP contribution >= 0.6 is 15.9 Å². The van der Waals surface area contributed by atoms with E-state index in [1.165, 1.54) is 0 Å². The number of hydrogen-bond acceptors (Lipinski definition) is 3. The number of methoxy groups -OCH3 is 1. The largest absolute Gasteiger partial charge is 0.496 e. The van der Waals surface area contributed by atoms with Gasteiger partial charge in [0.15, 0.2) is 0 Å². The molecule has 2 rings (SSSR count). The van der Waals surface area contributed by atoms with Crippen LogP contribution in [0.25, 0.3) is 0 Å². The first-order chi connectivity index (χ1) is 9.10. The minimum Gasteiger partial charge on any atom is -0.496 e. The van der Waals surface area contributed by atoms with E-state index in [1.807, 2.05) is 18.2 Å². The van der Waals surface area contributed by atoms with E-state index in [4.69, 9.17) is 9.84 Å². The molecule has 1 aromatic carbocycles. The second-order valence-electron chi connectivity index (χ2n) is 4.80. The van der Waals surface area contributed by atoms with Crippen LogP contribution in [0.2, 0.25) is 0 Å². The zero-order chi connectivity index (χ0) is 13.8. The zero-order valence-electron chi connectivity index (χ0n) is 10.9. The van der Waals surface area contributed by atoms with Crippen LogP contribution in [0.4, 0.5) is 0 Å². The van der Waals surface area contributed by atoms with Gasteiger partial charge in [0.2, 0.25) is 0 Å². The third-order valence-electron chi connectivity index (χ3n) is 3.29. The summed E-state index contributed by atoms with van der Waals surface area (Å²) in [4.78, 5) is 13.0. The van der Waals surface area contributed by atoms with Crippen molar-refractivity contribution in [1.29, 1.82) is 0 Å². The van der Waals surface area contributed by atoms with Crippen LogP contribution in [0.3, 0.4) is 0 Å². The van der Waals surface area contributed by atoms with Gasteiger partial charge in [-0.2, -0.15) is 0 Å². The van der Waals surface area contributed by atoms with Gasteiger partial charge in [-0.3, -0.25) is 9.69 Å². The Morgan fingerprint density at radius 3 is 2.84 bits per heavy atom. The Balaban J connectivity index is 2.07. The lowest BCUT2D eigenvalue weighted by Crippen LogP contribution is -2.28. The summed E-state index contributed by atoms with van der Waals surface area (Å²) >= 11 is 3.46. The van der Waals surface area contributed by atoms with Gasteiger partial charge in [-0.25, -0.2) is 0 Å². The van der Waals surface area contributed by atoms with Gasteiger partial charge in [0.25, 0.3) is 0 Å². The molecule has 0 bridgehead atoms. The number of ether oxygens (including phenoxy) is 1. The highest BCUT2D eigenvalue weighted by molar-refractivity contribution is 9.10. The summed E-state index contributed by atoms with van der Waals surface area (Å²) in [5.41, 5.74) is 1.09. The molecular weight excluding hydrogens is 310 g/mol. The number of halogens is 1. The monoisotopic (exact) mass is 327 g/mol. The van der Waals surface area contributed by atoms with E-state index in [-0.39, 0.29) is 6.42 Å². The summed E-state index contributed by atoms with van der Waals surface area (Å²) in [7, 11) is 1.66. The molecule has 0 aromatic heterocycles. The lowest BCUT2D eigenvalue weighted by atomic mass is 10.2. The van der Waals surface area contributed by atoms with Gasteiger partial charge in [-0.05, 0) is 31.0 Å². The number of nitrogens with zero attached hydrogens (tertiary/aromatic N) is 1. The van der Waals surface area contributed by atoms with Gasteiger partial charge in [0.1, 0.15) is 5.75 Å². The van der Waals surface area contributed by atoms with E-state index in [9.17, 15) is 4.79 Å². The number of rotatable bonds is 7. The van der Waals surface area contributed by atoms with Crippen molar-refractivity contribution in [3.63, 3.8) is 0 Å². The number of carboxylic acid groups (broad SMARTS) is 1. The van der Waals surface area contributed by atoms with Crippen molar-refractivity contribution in [2.45, 2.75) is 31.8 Å². The normalized spacial score (nSPS) is 14.7. The molecule has 1 saturated carbocycles. The Labute approximate surface area is 121 Å². The topological polar surface area (TPSA) is 49.8 Å². The molecule has 1 aromatic rings. The van der Waals surface area contributed by atoms with Crippen molar-refractivity contribution < 1.29 is 14.6 Å². The van der Waals surface area contributed by atoms with Gasteiger partial charge < -0.3 is 9.84 Å². The van der Waals surface area contributed by atoms with Crippen LogP contribution in [-0.4, -0.2) is 35.7 Å². The predicted octanol–water partition coefficient (Wildman–Crippen LogP) is 2.90. The van der Waals surface area contributed by atoms with Crippen molar-refractivity contribution in [2.75, 3.05) is 13.7 Å². The van der Waals surface area contributed by atoms with E-state index in [0.717, 1.165) is 35.2 Å². The molecule has 0 unspecified atom stereocenters. The van der Waals surface area contributed by atoms with E-state index in [1.54, 1.807) is 7.11 Å². The van der Waals surface area contributed by atoms with Gasteiger partial charge in [-0.15, -0.1) is 0 Å². The maximum atomic E-state index is 10.7. The van der Waals surface area contributed by atoms with Crippen molar-refractivity contribution in [3.05, 3.63) is 28.2 Å². The minimum atomic E-state index is -0.744. The molecule has 1 fully saturated rings. The quantitative estimate of drug-likeness (QED) is 0.836. The summed E-state index contributed by atoms with van der Waals surface area (Å²) in [5.74, 6) is 0.107. The summed E-state index contributed by atoms with van der Waals surface area (Å²) < 4.78 is 6.37. The molecule has 0 saturated heterocycles. The second kappa shape index (κ2) is 6.39. The van der Waals surface area contributed by atoms with E-state index in [0.29, 0.717) is 12.6 Å². The lowest BCUT2D eigenvalue weighted by Gasteiger charge is -2.22. The second-order valence-corrected chi connectivity index (χ2v) is 5.72. The lowest BCUT2D eigenvalue weighted by molar-refractivity contribution is -0.137. The van der Waals surface area contributed by atoms with E-state index < -0.39 is 5.97 Å². The average molecular weight is 328 g/mol. The number of benzene rings is 1. The standard InChI is InChI=1S/C14H18BrNO3/c1-19-13-5-2-11(15)8-10(13)9-16(12-3-4-12)7-6-14(17)18/h2,5,8,12H,3-4,6-7,9H2,1H3,(H,17,18). The molecule has 1 aliphatic carbocycles. The summed E-state index contributed by atoms with van der Waals surface area (Å²) in [6.07, 6.45) is 2.51. The zero-order valence-corrected chi connectivity index (χ0v) is 12.5. The molecule has 0 radical (unpaired) electrons. The maximum Gasteiger partial charge on any atom is 0.304 e. The minimum absolute atomic E-state index is 0.187. The highest BCUT2D eigenvalue weighted by atomic mass is 79.9. The maximum absolute atomic E-state index is 10.7. The molecule has 0 heterocycles. The fraction of sp³-hybridized carbons (Fsp3) is 0.500. The van der Waals surface area contributed by atoms with Crippen molar-refractivity contribution >= 4 is 21.9 Å². The van der Waals surface area contributed by atoms with Gasteiger partial charge in [0.05, 0.1) is 13.5 Å². The molecule has 1 N–H and O–H groups in total. The van der Waals surface area contributed by atoms with E-state index >= 15 is 0 Å². The molecule has 5 heteroatoms. The van der Waals surface area contributed by atoms with Crippen LogP contribution in [0.15, 0.2) is 22.7 Å². The number of carboxylic acids is 1. The highest BCUT2D eigenvalue weighted by Gasteiger charge is 2.29. The van der Waals surface area contributed by atoms with Crippen molar-refractivity contribution in [3.8, 4) is 5.75 Å². The fourth-order valence-corrected chi connectivity index (χ4v) is 2.57. The molecular formula is C14H18BrNO3. The first-order valence-electron chi connectivity index (χ1n) is 6.38. The summed E-state index contributed by atoms with van der Waals surface area (Å²) in [6, 6.07) is 6.44. The number of hydrogen-bond donors (Lipinski definition) is 1. The summed E-state index contributed by atoms with van der Waals surface area (Å²) in [6.45, 7) is 1.33. The SMILES string of the molecule is COc1ccc(Br)cc1CN(CCC(=O)O)C1CC1. The molecule has 104 valence electrons. The Hall–Kier alpha value is -1.07. The molecule has 4 nitrogen and oxygen atoms in total. The number of carbonyl (C=O) groups is 1. The van der Waals surface area contributed by atoms with Crippen molar-refractivity contribution in [2.24, 2.45) is 0 Å². The Morgan fingerprint density at radius 2 is 2.26 bits per heavy atom. The van der Waals surface area contributed by atoms with Gasteiger partial charge >= 0.3 is 5.97 Å². The van der Waals surface area contributed by atoms with Gasteiger partial charge in [0, 0.05) is 29.2 Å². The highest BCUT2D eigenvalue weighted by Crippen LogP contribution is 2.31. The molecule has 19 heavy (non-hydrogen) atoms. The third kappa shape index (κ3) is 4.21. The molecule has 0 atom stereocenters. The van der Waals surface area contributed by atoms with Crippen LogP contribution < -0.4 is 4.74 Å². The average Bonchev–Trinajstić information content (AvgIpc) is 3.18. The Morgan fingerprint density at radius 1 is 1.53 bits per heavy atom. The smallest absolute Gasteiger partial charge is 0.304 e. The van der Waals surface area contributed by atoms with Crippen molar-refractivity contribution in [1.82, 2.24) is 4.90 Å². The third-order valence-corrected chi connectivity index (χ3v) is 3.79. The first-order valence-corrected chi connectivity index (χ1v) is 7.17. The van der Waals surface area contributed by atoms with Crippen LogP contribution in [0.5, 0.6) is 5.75 Å².